The first-order valence-electron chi connectivity index (χ1n) is 8.51. The molecule has 1 aliphatic rings. The third-order valence-corrected chi connectivity index (χ3v) is 4.52. The van der Waals surface area contributed by atoms with E-state index < -0.39 is 30.0 Å². The lowest BCUT2D eigenvalue weighted by molar-refractivity contribution is -0.166. The minimum atomic E-state index is -1.16. The fraction of sp³-hybridized carbons (Fsp3) is 0.500. The summed E-state index contributed by atoms with van der Waals surface area (Å²) in [5, 5.41) is 1.45. The van der Waals surface area contributed by atoms with E-state index in [1.807, 2.05) is 12.1 Å². The number of anilines is 1. The van der Waals surface area contributed by atoms with Crippen LogP contribution in [-0.2, 0) is 28.7 Å². The summed E-state index contributed by atoms with van der Waals surface area (Å²) in [7, 11) is 0. The van der Waals surface area contributed by atoms with Crippen LogP contribution < -0.4 is 5.06 Å². The number of rotatable bonds is 7. The van der Waals surface area contributed by atoms with Gasteiger partial charge in [0, 0.05) is 4.47 Å². The van der Waals surface area contributed by atoms with E-state index in [-0.39, 0.29) is 13.2 Å². The van der Waals surface area contributed by atoms with Crippen molar-refractivity contribution >= 4 is 39.8 Å². The van der Waals surface area contributed by atoms with Gasteiger partial charge in [0.05, 0.1) is 24.9 Å². The highest BCUT2D eigenvalue weighted by Crippen LogP contribution is 2.32. The second kappa shape index (κ2) is 9.68. The zero-order chi connectivity index (χ0) is 19.1. The molecule has 0 spiro atoms. The molecule has 26 heavy (non-hydrogen) atoms. The van der Waals surface area contributed by atoms with Gasteiger partial charge < -0.3 is 14.3 Å². The third kappa shape index (κ3) is 4.82. The number of carbonyl (C=O) groups is 3. The Balaban J connectivity index is 2.38. The largest absolute Gasteiger partial charge is 0.465 e. The lowest BCUT2D eigenvalue weighted by atomic mass is 9.92. The van der Waals surface area contributed by atoms with Gasteiger partial charge in [-0.15, -0.1) is 0 Å². The molecule has 0 unspecified atom stereocenters. The van der Waals surface area contributed by atoms with Gasteiger partial charge in [0.1, 0.15) is 6.10 Å². The van der Waals surface area contributed by atoms with Gasteiger partial charge in [-0.2, -0.15) is 0 Å². The van der Waals surface area contributed by atoms with Gasteiger partial charge in [0.2, 0.25) is 0 Å². The molecule has 2 atom stereocenters. The van der Waals surface area contributed by atoms with Crippen LogP contribution in [0.15, 0.2) is 28.7 Å². The summed E-state index contributed by atoms with van der Waals surface area (Å²) in [4.78, 5) is 41.9. The van der Waals surface area contributed by atoms with Crippen molar-refractivity contribution in [1.82, 2.24) is 0 Å². The molecule has 0 saturated carbocycles. The smallest absolute Gasteiger partial charge is 0.322 e. The van der Waals surface area contributed by atoms with Crippen LogP contribution in [0.3, 0.4) is 0 Å². The maximum Gasteiger partial charge on any atom is 0.322 e. The molecule has 1 aromatic carbocycles. The van der Waals surface area contributed by atoms with Crippen LogP contribution in [0, 0.1) is 5.92 Å². The molecule has 1 aromatic rings. The Hall–Kier alpha value is -1.93. The molecular formula is C18H22BrNO6. The average Bonchev–Trinajstić information content (AvgIpc) is 2.63. The second-order valence-corrected chi connectivity index (χ2v) is 6.62. The Morgan fingerprint density at radius 3 is 2.27 bits per heavy atom. The van der Waals surface area contributed by atoms with Gasteiger partial charge in [0.25, 0.3) is 0 Å². The Morgan fingerprint density at radius 2 is 1.77 bits per heavy atom. The molecule has 142 valence electrons. The summed E-state index contributed by atoms with van der Waals surface area (Å²) in [5.74, 6) is -2.48. The maximum absolute atomic E-state index is 12.5. The minimum absolute atomic E-state index is 0.150. The third-order valence-electron chi connectivity index (χ3n) is 4.00. The molecule has 2 rings (SSSR count). The fourth-order valence-corrected chi connectivity index (χ4v) is 3.10. The predicted molar refractivity (Wildman–Crippen MR) is 97.3 cm³/mol. The van der Waals surface area contributed by atoms with Crippen molar-refractivity contribution < 1.29 is 28.7 Å². The number of hydrogen-bond donors (Lipinski definition) is 0. The molecule has 0 aromatic heterocycles. The van der Waals surface area contributed by atoms with Crippen LogP contribution >= 0.6 is 15.9 Å². The SMILES string of the molecule is CCOC(=O)C(C(=O)OCC)[C@H]1CC[C@H](C=O)ON1c1ccc(Br)cc1. The standard InChI is InChI=1S/C18H22BrNO6/c1-3-24-17(22)16(18(23)25-4-2)15-10-9-14(11-21)26-20(15)13-7-5-12(19)6-8-13/h5-8,11,14-16H,3-4,9-10H2,1-2H3/t14-,15-/m1/s1. The highest BCUT2D eigenvalue weighted by atomic mass is 79.9. The Bertz CT molecular complexity index is 617. The number of carbonyl (C=O) groups excluding carboxylic acids is 3. The van der Waals surface area contributed by atoms with Gasteiger partial charge in [-0.1, -0.05) is 15.9 Å². The highest BCUT2D eigenvalue weighted by Gasteiger charge is 2.44. The normalized spacial score (nSPS) is 19.9. The Morgan fingerprint density at radius 1 is 1.19 bits per heavy atom. The molecule has 1 aliphatic heterocycles. The van der Waals surface area contributed by atoms with E-state index in [0.717, 1.165) is 4.47 Å². The molecule has 1 fully saturated rings. The molecule has 0 radical (unpaired) electrons. The quantitative estimate of drug-likeness (QED) is 0.375. The summed E-state index contributed by atoms with van der Waals surface area (Å²) < 4.78 is 11.0. The maximum atomic E-state index is 12.5. The minimum Gasteiger partial charge on any atom is -0.465 e. The van der Waals surface area contributed by atoms with E-state index in [2.05, 4.69) is 15.9 Å². The fourth-order valence-electron chi connectivity index (χ4n) is 2.84. The van der Waals surface area contributed by atoms with Crippen LogP contribution in [0.1, 0.15) is 26.7 Å². The number of ether oxygens (including phenoxy) is 2. The lowest BCUT2D eigenvalue weighted by Crippen LogP contribution is -2.53. The van der Waals surface area contributed by atoms with Gasteiger partial charge >= 0.3 is 11.9 Å². The van der Waals surface area contributed by atoms with Gasteiger partial charge in [-0.05, 0) is 51.0 Å². The van der Waals surface area contributed by atoms with E-state index in [4.69, 9.17) is 14.3 Å². The van der Waals surface area contributed by atoms with Gasteiger partial charge in [-0.3, -0.25) is 14.4 Å². The summed E-state index contributed by atoms with van der Waals surface area (Å²) in [6, 6.07) is 6.54. The molecule has 8 heteroatoms. The first-order chi connectivity index (χ1) is 12.5. The first-order valence-corrected chi connectivity index (χ1v) is 9.31. The van der Waals surface area contributed by atoms with E-state index in [1.165, 1.54) is 5.06 Å². The van der Waals surface area contributed by atoms with E-state index >= 15 is 0 Å². The molecule has 0 bridgehead atoms. The van der Waals surface area contributed by atoms with Crippen molar-refractivity contribution in [3.8, 4) is 0 Å². The number of hydroxylamine groups is 1. The van der Waals surface area contributed by atoms with Crippen molar-refractivity contribution in [2.24, 2.45) is 5.92 Å². The highest BCUT2D eigenvalue weighted by molar-refractivity contribution is 9.10. The van der Waals surface area contributed by atoms with Crippen LogP contribution in [0.4, 0.5) is 5.69 Å². The second-order valence-electron chi connectivity index (χ2n) is 5.71. The topological polar surface area (TPSA) is 82.1 Å². The van der Waals surface area contributed by atoms with Crippen LogP contribution in [0.2, 0.25) is 0 Å². The molecule has 0 aliphatic carbocycles. The Kier molecular flexibility index (Phi) is 7.59. The average molecular weight is 428 g/mol. The van der Waals surface area contributed by atoms with Crippen molar-refractivity contribution in [3.63, 3.8) is 0 Å². The number of halogens is 1. The molecule has 7 nitrogen and oxygen atoms in total. The molecule has 0 N–H and O–H groups in total. The van der Waals surface area contributed by atoms with E-state index in [1.54, 1.807) is 26.0 Å². The number of esters is 2. The van der Waals surface area contributed by atoms with Crippen molar-refractivity contribution in [1.29, 1.82) is 0 Å². The zero-order valence-electron chi connectivity index (χ0n) is 14.7. The lowest BCUT2D eigenvalue weighted by Gasteiger charge is -2.40. The summed E-state index contributed by atoms with van der Waals surface area (Å²) >= 11 is 3.36. The van der Waals surface area contributed by atoms with Crippen molar-refractivity contribution in [2.45, 2.75) is 38.8 Å². The van der Waals surface area contributed by atoms with Gasteiger partial charge in [0.15, 0.2) is 12.2 Å². The number of nitrogens with zero attached hydrogens (tertiary/aromatic N) is 1. The number of aldehydes is 1. The molecular weight excluding hydrogens is 406 g/mol. The summed E-state index contributed by atoms with van der Waals surface area (Å²) in [6.45, 7) is 3.65. The predicted octanol–water partition coefficient (Wildman–Crippen LogP) is 2.66. The van der Waals surface area contributed by atoms with Crippen molar-refractivity contribution in [3.05, 3.63) is 28.7 Å². The zero-order valence-corrected chi connectivity index (χ0v) is 16.3. The number of hydrogen-bond acceptors (Lipinski definition) is 7. The monoisotopic (exact) mass is 427 g/mol. The van der Waals surface area contributed by atoms with Crippen molar-refractivity contribution in [2.75, 3.05) is 18.3 Å². The van der Waals surface area contributed by atoms with Crippen LogP contribution in [0.25, 0.3) is 0 Å². The van der Waals surface area contributed by atoms with Crippen LogP contribution in [-0.4, -0.2) is 43.6 Å². The van der Waals surface area contributed by atoms with Gasteiger partial charge in [-0.25, -0.2) is 5.06 Å². The molecule has 0 amide bonds. The van der Waals surface area contributed by atoms with E-state index in [0.29, 0.717) is 24.8 Å². The molecule has 1 heterocycles. The first kappa shape index (κ1) is 20.4. The molecule has 1 saturated heterocycles. The van der Waals surface area contributed by atoms with Crippen LogP contribution in [0.5, 0.6) is 0 Å². The number of benzene rings is 1. The van der Waals surface area contributed by atoms with E-state index in [9.17, 15) is 14.4 Å². The summed E-state index contributed by atoms with van der Waals surface area (Å²) in [6.07, 6.45) is 0.879. The summed E-state index contributed by atoms with van der Waals surface area (Å²) in [5.41, 5.74) is 0.628. The Labute approximate surface area is 160 Å².